The minimum Gasteiger partial charge on any atom is -0.375 e. The third-order valence-electron chi connectivity index (χ3n) is 4.80. The Hall–Kier alpha value is -2.90. The van der Waals surface area contributed by atoms with E-state index in [2.05, 4.69) is 19.8 Å². The van der Waals surface area contributed by atoms with Crippen LogP contribution in [0.4, 0.5) is 5.69 Å². The summed E-state index contributed by atoms with van der Waals surface area (Å²) in [5.74, 6) is 1.96. The largest absolute Gasteiger partial charge is 0.375 e. The maximum atomic E-state index is 12.8. The van der Waals surface area contributed by atoms with Crippen LogP contribution >= 0.6 is 0 Å². The number of benzene rings is 2. The zero-order valence-corrected chi connectivity index (χ0v) is 14.9. The molecule has 132 valence electrons. The second kappa shape index (κ2) is 6.78. The first-order valence-corrected chi connectivity index (χ1v) is 8.59. The van der Waals surface area contributed by atoms with Crippen molar-refractivity contribution in [2.45, 2.75) is 31.8 Å². The van der Waals surface area contributed by atoms with Gasteiger partial charge in [0.05, 0.1) is 18.7 Å². The number of carbonyl (C=O) groups is 2. The normalized spacial score (nSPS) is 18.7. The number of aliphatic hydroxyl groups is 1. The number of anilines is 1. The van der Waals surface area contributed by atoms with Crippen molar-refractivity contribution in [3.8, 4) is 12.3 Å². The topological polar surface area (TPSA) is 57.6 Å². The Kier molecular flexibility index (Phi) is 4.67. The van der Waals surface area contributed by atoms with Crippen molar-refractivity contribution < 1.29 is 14.7 Å². The fraction of sp³-hybridized carbons (Fsp3) is 0.273. The summed E-state index contributed by atoms with van der Waals surface area (Å²) in [4.78, 5) is 26.9. The van der Waals surface area contributed by atoms with E-state index in [1.54, 1.807) is 36.4 Å². The van der Waals surface area contributed by atoms with Crippen molar-refractivity contribution >= 4 is 17.4 Å². The Labute approximate surface area is 153 Å². The van der Waals surface area contributed by atoms with E-state index in [0.717, 1.165) is 5.56 Å². The van der Waals surface area contributed by atoms with E-state index in [4.69, 9.17) is 6.42 Å². The predicted octanol–water partition coefficient (Wildman–Crippen LogP) is 3.25. The summed E-state index contributed by atoms with van der Waals surface area (Å²) in [6, 6.07) is 14.2. The van der Waals surface area contributed by atoms with Crippen LogP contribution in [0.3, 0.4) is 0 Å². The second-order valence-electron chi connectivity index (χ2n) is 6.85. The molecule has 4 nitrogen and oxygen atoms in total. The van der Waals surface area contributed by atoms with E-state index >= 15 is 0 Å². The lowest BCUT2D eigenvalue weighted by atomic mass is 9.87. The van der Waals surface area contributed by atoms with Crippen molar-refractivity contribution in [3.63, 3.8) is 0 Å². The molecule has 1 heterocycles. The highest BCUT2D eigenvalue weighted by atomic mass is 16.3. The standard InChI is InChI=1S/C22H21NO3/c1-4-13-23-19-8-6-5-7-18(19)22(26,21(23)25)14-20(24)17-11-9-16(10-12-17)15(2)3/h1,5-12,15,26H,13-14H2,2-3H3/t22-/m0/s1. The first kappa shape index (κ1) is 17.9. The fourth-order valence-corrected chi connectivity index (χ4v) is 3.31. The summed E-state index contributed by atoms with van der Waals surface area (Å²) in [6.45, 7) is 4.21. The molecule has 0 aromatic heterocycles. The van der Waals surface area contributed by atoms with Gasteiger partial charge in [0.1, 0.15) is 0 Å². The molecule has 26 heavy (non-hydrogen) atoms. The number of hydrogen-bond acceptors (Lipinski definition) is 3. The summed E-state index contributed by atoms with van der Waals surface area (Å²) in [5, 5.41) is 11.1. The van der Waals surface area contributed by atoms with Crippen LogP contribution in [0.5, 0.6) is 0 Å². The molecule has 0 unspecified atom stereocenters. The highest BCUT2D eigenvalue weighted by Crippen LogP contribution is 2.42. The number of Topliss-reactive ketones (excluding diaryl/α,β-unsaturated/α-hetero) is 1. The van der Waals surface area contributed by atoms with Crippen LogP contribution < -0.4 is 4.90 Å². The van der Waals surface area contributed by atoms with Crippen LogP contribution in [0.1, 0.15) is 47.7 Å². The number of para-hydroxylation sites is 1. The Morgan fingerprint density at radius 2 is 1.85 bits per heavy atom. The third-order valence-corrected chi connectivity index (χ3v) is 4.80. The molecule has 0 bridgehead atoms. The number of fused-ring (bicyclic) bond motifs is 1. The molecular formula is C22H21NO3. The lowest BCUT2D eigenvalue weighted by Crippen LogP contribution is -2.42. The molecule has 1 atom stereocenters. The second-order valence-corrected chi connectivity index (χ2v) is 6.85. The van der Waals surface area contributed by atoms with E-state index in [1.165, 1.54) is 4.90 Å². The predicted molar refractivity (Wildman–Crippen MR) is 101 cm³/mol. The van der Waals surface area contributed by atoms with Crippen molar-refractivity contribution in [1.82, 2.24) is 0 Å². The van der Waals surface area contributed by atoms with Gasteiger partial charge in [0.2, 0.25) is 0 Å². The summed E-state index contributed by atoms with van der Waals surface area (Å²) in [6.07, 6.45) is 5.04. The Morgan fingerprint density at radius 3 is 2.46 bits per heavy atom. The number of nitrogens with zero attached hydrogens (tertiary/aromatic N) is 1. The van der Waals surface area contributed by atoms with Gasteiger partial charge in [-0.05, 0) is 17.5 Å². The zero-order chi connectivity index (χ0) is 18.9. The summed E-state index contributed by atoms with van der Waals surface area (Å²) in [5.41, 5.74) is 0.695. The third kappa shape index (κ3) is 2.91. The molecule has 1 N–H and O–H groups in total. The van der Waals surface area contributed by atoms with E-state index in [1.807, 2.05) is 12.1 Å². The lowest BCUT2D eigenvalue weighted by Gasteiger charge is -2.22. The van der Waals surface area contributed by atoms with Crippen molar-refractivity contribution in [2.24, 2.45) is 0 Å². The van der Waals surface area contributed by atoms with E-state index in [0.29, 0.717) is 22.7 Å². The number of carbonyl (C=O) groups excluding carboxylic acids is 2. The number of ketones is 1. The van der Waals surface area contributed by atoms with Gasteiger partial charge in [0.25, 0.3) is 5.91 Å². The minimum absolute atomic E-state index is 0.0510. The number of terminal acetylenes is 1. The smallest absolute Gasteiger partial charge is 0.265 e. The van der Waals surface area contributed by atoms with Crippen LogP contribution in [-0.4, -0.2) is 23.3 Å². The SMILES string of the molecule is C#CCN1C(=O)[C@](O)(CC(=O)c2ccc(C(C)C)cc2)c2ccccc21. The highest BCUT2D eigenvalue weighted by molar-refractivity contribution is 6.11. The van der Waals surface area contributed by atoms with Gasteiger partial charge in [-0.2, -0.15) is 0 Å². The summed E-state index contributed by atoms with van der Waals surface area (Å²) in [7, 11) is 0. The average Bonchev–Trinajstić information content (AvgIpc) is 2.84. The van der Waals surface area contributed by atoms with Gasteiger partial charge in [0, 0.05) is 11.1 Å². The van der Waals surface area contributed by atoms with Gasteiger partial charge in [-0.15, -0.1) is 6.42 Å². The molecule has 2 aromatic rings. The van der Waals surface area contributed by atoms with Gasteiger partial charge < -0.3 is 5.11 Å². The molecule has 1 aliphatic rings. The lowest BCUT2D eigenvalue weighted by molar-refractivity contribution is -0.135. The highest BCUT2D eigenvalue weighted by Gasteiger charge is 2.50. The molecule has 4 heteroatoms. The Balaban J connectivity index is 1.92. The monoisotopic (exact) mass is 347 g/mol. The fourth-order valence-electron chi connectivity index (χ4n) is 3.31. The van der Waals surface area contributed by atoms with Gasteiger partial charge in [-0.3, -0.25) is 14.5 Å². The Morgan fingerprint density at radius 1 is 1.19 bits per heavy atom. The van der Waals surface area contributed by atoms with Gasteiger partial charge in [0.15, 0.2) is 11.4 Å². The molecule has 3 rings (SSSR count). The molecule has 0 radical (unpaired) electrons. The van der Waals surface area contributed by atoms with Crippen molar-refractivity contribution in [1.29, 1.82) is 0 Å². The van der Waals surface area contributed by atoms with Crippen molar-refractivity contribution in [2.75, 3.05) is 11.4 Å². The maximum Gasteiger partial charge on any atom is 0.265 e. The molecular weight excluding hydrogens is 326 g/mol. The van der Waals surface area contributed by atoms with Crippen LogP contribution in [-0.2, 0) is 10.4 Å². The molecule has 0 saturated carbocycles. The zero-order valence-electron chi connectivity index (χ0n) is 14.9. The molecule has 2 aromatic carbocycles. The molecule has 0 saturated heterocycles. The maximum absolute atomic E-state index is 12.8. The van der Waals surface area contributed by atoms with E-state index < -0.39 is 11.5 Å². The van der Waals surface area contributed by atoms with Crippen LogP contribution in [0.25, 0.3) is 0 Å². The molecule has 1 aliphatic heterocycles. The number of rotatable bonds is 5. The van der Waals surface area contributed by atoms with E-state index in [9.17, 15) is 14.7 Å². The summed E-state index contributed by atoms with van der Waals surface area (Å²) >= 11 is 0. The summed E-state index contributed by atoms with van der Waals surface area (Å²) < 4.78 is 0. The molecule has 0 fully saturated rings. The van der Waals surface area contributed by atoms with Crippen molar-refractivity contribution in [3.05, 3.63) is 65.2 Å². The first-order chi connectivity index (χ1) is 12.4. The number of hydrogen-bond donors (Lipinski definition) is 1. The van der Waals surface area contributed by atoms with Gasteiger partial charge in [-0.1, -0.05) is 62.2 Å². The molecule has 0 spiro atoms. The van der Waals surface area contributed by atoms with Crippen LogP contribution in [0.15, 0.2) is 48.5 Å². The van der Waals surface area contributed by atoms with Gasteiger partial charge in [-0.25, -0.2) is 0 Å². The minimum atomic E-state index is -1.89. The van der Waals surface area contributed by atoms with Gasteiger partial charge >= 0.3 is 0 Å². The van der Waals surface area contributed by atoms with E-state index in [-0.39, 0.29) is 18.7 Å². The average molecular weight is 347 g/mol. The molecule has 1 amide bonds. The Bertz CT molecular complexity index is 892. The van der Waals surface area contributed by atoms with Crippen LogP contribution in [0.2, 0.25) is 0 Å². The quantitative estimate of drug-likeness (QED) is 0.667. The van der Waals surface area contributed by atoms with Crippen LogP contribution in [0, 0.1) is 12.3 Å². The number of amides is 1. The first-order valence-electron chi connectivity index (χ1n) is 8.59. The molecule has 0 aliphatic carbocycles.